The average molecular weight is 177 g/mol. The van der Waals surface area contributed by atoms with E-state index in [0.717, 1.165) is 6.42 Å². The van der Waals surface area contributed by atoms with E-state index in [0.29, 0.717) is 13.2 Å². The molecule has 2 rings (SSSR count). The molecular formula is C6H11NO5. The smallest absolute Gasteiger partial charge is 0.136 e. The molecule has 6 nitrogen and oxygen atoms in total. The molecule has 0 saturated carbocycles. The van der Waals surface area contributed by atoms with Gasteiger partial charge in [0.2, 0.25) is 0 Å². The van der Waals surface area contributed by atoms with Gasteiger partial charge in [-0.05, 0) is 6.42 Å². The van der Waals surface area contributed by atoms with Crippen molar-refractivity contribution in [3.8, 4) is 0 Å². The second-order valence-electron chi connectivity index (χ2n) is 2.89. The minimum absolute atomic E-state index is 0.0509. The van der Waals surface area contributed by atoms with E-state index in [1.165, 1.54) is 0 Å². The highest BCUT2D eigenvalue weighted by Gasteiger charge is 2.43. The largest absolute Gasteiger partial charge is 0.373 e. The third kappa shape index (κ3) is 1.45. The summed E-state index contributed by atoms with van der Waals surface area (Å²) in [5, 5.41) is 16.5. The van der Waals surface area contributed by atoms with E-state index >= 15 is 0 Å². The summed E-state index contributed by atoms with van der Waals surface area (Å²) in [4.78, 5) is 4.62. The molecule has 2 heterocycles. The Balaban J connectivity index is 1.91. The second kappa shape index (κ2) is 3.25. The second-order valence-corrected chi connectivity index (χ2v) is 2.89. The van der Waals surface area contributed by atoms with E-state index in [1.807, 2.05) is 0 Å². The molecule has 2 fully saturated rings. The molecule has 6 heteroatoms. The number of hydrogen-bond donors (Lipinski definition) is 2. The first-order valence-corrected chi connectivity index (χ1v) is 3.85. The fraction of sp³-hybridized carbons (Fsp3) is 1.00. The van der Waals surface area contributed by atoms with Crippen LogP contribution in [0.1, 0.15) is 6.42 Å². The van der Waals surface area contributed by atoms with Gasteiger partial charge >= 0.3 is 0 Å². The van der Waals surface area contributed by atoms with E-state index in [2.05, 4.69) is 4.84 Å². The number of nitrogens with zero attached hydrogens (tertiary/aromatic N) is 1. The van der Waals surface area contributed by atoms with Crippen LogP contribution in [-0.4, -0.2) is 47.3 Å². The van der Waals surface area contributed by atoms with Crippen molar-refractivity contribution in [2.75, 3.05) is 13.2 Å². The summed E-state index contributed by atoms with van der Waals surface area (Å²) in [6.45, 7) is 0.985. The van der Waals surface area contributed by atoms with Crippen LogP contribution in [-0.2, 0) is 14.3 Å². The fourth-order valence-electron chi connectivity index (χ4n) is 1.64. The van der Waals surface area contributed by atoms with Gasteiger partial charge in [0.25, 0.3) is 0 Å². The minimum atomic E-state index is -0.410. The van der Waals surface area contributed by atoms with Crippen LogP contribution in [0.4, 0.5) is 0 Å². The quantitative estimate of drug-likeness (QED) is 0.557. The molecule has 0 amide bonds. The zero-order valence-electron chi connectivity index (χ0n) is 6.42. The standard InChI is InChI=1S/C6H11NO5/c8-7(9)12-5-3-11-4-1-2-10-6(4)5/h4-6,8-9H,1-3H2/t4-,5-,6+/m1/s1. The highest BCUT2D eigenvalue weighted by molar-refractivity contribution is 4.89. The van der Waals surface area contributed by atoms with E-state index in [4.69, 9.17) is 19.9 Å². The normalized spacial score (nSPS) is 40.8. The zero-order chi connectivity index (χ0) is 8.55. The molecule has 3 atom stereocenters. The van der Waals surface area contributed by atoms with Gasteiger partial charge in [-0.15, -0.1) is 0 Å². The molecule has 0 aromatic heterocycles. The van der Waals surface area contributed by atoms with E-state index in [-0.39, 0.29) is 17.6 Å². The van der Waals surface area contributed by atoms with Crippen molar-refractivity contribution < 1.29 is 24.7 Å². The lowest BCUT2D eigenvalue weighted by Gasteiger charge is -2.16. The molecule has 0 bridgehead atoms. The Morgan fingerprint density at radius 2 is 2.17 bits per heavy atom. The molecule has 0 aromatic rings. The monoisotopic (exact) mass is 177 g/mol. The molecule has 12 heavy (non-hydrogen) atoms. The van der Waals surface area contributed by atoms with Crippen LogP contribution in [0.3, 0.4) is 0 Å². The van der Waals surface area contributed by atoms with E-state index < -0.39 is 6.10 Å². The number of rotatable bonds is 2. The molecular weight excluding hydrogens is 166 g/mol. The van der Waals surface area contributed by atoms with Crippen LogP contribution >= 0.6 is 0 Å². The summed E-state index contributed by atoms with van der Waals surface area (Å²) in [6.07, 6.45) is 0.329. The van der Waals surface area contributed by atoms with Gasteiger partial charge in [0.1, 0.15) is 12.2 Å². The van der Waals surface area contributed by atoms with Gasteiger partial charge in [0.05, 0.1) is 18.1 Å². The Hall–Kier alpha value is -0.240. The van der Waals surface area contributed by atoms with Crippen LogP contribution in [0.25, 0.3) is 0 Å². The molecule has 2 saturated heterocycles. The Labute approximate surface area is 69.1 Å². The summed E-state index contributed by atoms with van der Waals surface area (Å²) in [5.41, 5.74) is 0. The van der Waals surface area contributed by atoms with Crippen LogP contribution in [0.2, 0.25) is 0 Å². The molecule has 2 aliphatic heterocycles. The maximum Gasteiger partial charge on any atom is 0.136 e. The highest BCUT2D eigenvalue weighted by atomic mass is 17.1. The Kier molecular flexibility index (Phi) is 2.26. The van der Waals surface area contributed by atoms with Gasteiger partial charge in [0, 0.05) is 6.61 Å². The van der Waals surface area contributed by atoms with Crippen LogP contribution in [0.15, 0.2) is 0 Å². The molecule has 70 valence electrons. The molecule has 0 aliphatic carbocycles. The Bertz CT molecular complexity index is 164. The molecule has 0 spiro atoms. The molecule has 0 radical (unpaired) electrons. The Morgan fingerprint density at radius 3 is 2.92 bits per heavy atom. The van der Waals surface area contributed by atoms with Gasteiger partial charge in [-0.1, -0.05) is 0 Å². The van der Waals surface area contributed by atoms with E-state index in [9.17, 15) is 0 Å². The lowest BCUT2D eigenvalue weighted by molar-refractivity contribution is -0.507. The van der Waals surface area contributed by atoms with Gasteiger partial charge in [-0.3, -0.25) is 10.4 Å². The highest BCUT2D eigenvalue weighted by Crippen LogP contribution is 2.28. The van der Waals surface area contributed by atoms with Gasteiger partial charge < -0.3 is 9.47 Å². The molecule has 2 aliphatic rings. The van der Waals surface area contributed by atoms with Gasteiger partial charge in [-0.2, -0.15) is 0 Å². The van der Waals surface area contributed by atoms with Crippen LogP contribution < -0.4 is 0 Å². The maximum absolute atomic E-state index is 8.39. The molecule has 2 N–H and O–H groups in total. The minimum Gasteiger partial charge on any atom is -0.373 e. The maximum atomic E-state index is 8.39. The van der Waals surface area contributed by atoms with Gasteiger partial charge in [0.15, 0.2) is 0 Å². The van der Waals surface area contributed by atoms with Crippen LogP contribution in [0, 0.1) is 0 Å². The summed E-state index contributed by atoms with van der Waals surface area (Å²) in [7, 11) is 0. The van der Waals surface area contributed by atoms with Crippen molar-refractivity contribution in [3.63, 3.8) is 0 Å². The predicted molar refractivity (Wildman–Crippen MR) is 34.4 cm³/mol. The third-order valence-corrected chi connectivity index (χ3v) is 2.15. The molecule has 0 unspecified atom stereocenters. The first-order valence-electron chi connectivity index (χ1n) is 3.85. The topological polar surface area (TPSA) is 71.4 Å². The van der Waals surface area contributed by atoms with Crippen molar-refractivity contribution in [3.05, 3.63) is 0 Å². The number of fused-ring (bicyclic) bond motifs is 1. The first-order chi connectivity index (χ1) is 5.77. The van der Waals surface area contributed by atoms with E-state index in [1.54, 1.807) is 0 Å². The summed E-state index contributed by atoms with van der Waals surface area (Å²) in [5.74, 6) is 0. The SMILES string of the molecule is ON(O)O[C@@H]1CO[C@@H]2CCO[C@@H]21. The predicted octanol–water partition coefficient (Wildman–Crippen LogP) is -0.445. The number of ether oxygens (including phenoxy) is 2. The number of hydrogen-bond acceptors (Lipinski definition) is 6. The average Bonchev–Trinajstić information content (AvgIpc) is 2.52. The van der Waals surface area contributed by atoms with Crippen molar-refractivity contribution in [2.45, 2.75) is 24.7 Å². The molecule has 0 aromatic carbocycles. The lowest BCUT2D eigenvalue weighted by atomic mass is 10.1. The van der Waals surface area contributed by atoms with Crippen molar-refractivity contribution in [1.29, 1.82) is 0 Å². The third-order valence-electron chi connectivity index (χ3n) is 2.15. The van der Waals surface area contributed by atoms with Crippen molar-refractivity contribution in [1.82, 2.24) is 5.39 Å². The first kappa shape index (κ1) is 8.36. The van der Waals surface area contributed by atoms with Crippen LogP contribution in [0.5, 0.6) is 0 Å². The van der Waals surface area contributed by atoms with Crippen molar-refractivity contribution in [2.24, 2.45) is 0 Å². The summed E-state index contributed by atoms with van der Waals surface area (Å²) < 4.78 is 10.6. The lowest BCUT2D eigenvalue weighted by Crippen LogP contribution is -2.34. The zero-order valence-corrected chi connectivity index (χ0v) is 6.42. The summed E-state index contributed by atoms with van der Waals surface area (Å²) in [6, 6.07) is 0. The Morgan fingerprint density at radius 1 is 1.33 bits per heavy atom. The van der Waals surface area contributed by atoms with Gasteiger partial charge in [-0.25, -0.2) is 4.84 Å². The summed E-state index contributed by atoms with van der Waals surface area (Å²) >= 11 is 0. The fourth-order valence-corrected chi connectivity index (χ4v) is 1.64. The van der Waals surface area contributed by atoms with Crippen molar-refractivity contribution >= 4 is 0 Å².